The molecule has 70 heavy (non-hydrogen) atoms. The van der Waals surface area contributed by atoms with Crippen LogP contribution < -0.4 is 45.7 Å². The van der Waals surface area contributed by atoms with Crippen molar-refractivity contribution in [1.82, 2.24) is 16.2 Å². The molecule has 15 rings (SSSR count). The number of ether oxygens (including phenoxy) is 4. The van der Waals surface area contributed by atoms with Crippen molar-refractivity contribution in [3.05, 3.63) is 173 Å². The van der Waals surface area contributed by atoms with Gasteiger partial charge < -0.3 is 34.9 Å². The molecular formula is C60H77N5O4S. The van der Waals surface area contributed by atoms with Crippen molar-refractivity contribution in [2.24, 2.45) is 0 Å². The molecule has 9 aliphatic rings. The summed E-state index contributed by atoms with van der Waals surface area (Å²) in [6.07, 6.45) is 16.9. The fourth-order valence-electron chi connectivity index (χ4n) is 8.25. The van der Waals surface area contributed by atoms with E-state index >= 15 is 0 Å². The Morgan fingerprint density at radius 3 is 1.33 bits per heavy atom. The Balaban J connectivity index is 0.000000118. The monoisotopic (exact) mass is 964 g/mol. The maximum absolute atomic E-state index is 5.42. The van der Waals surface area contributed by atoms with Gasteiger partial charge in [0.05, 0.1) is 13.2 Å². The van der Waals surface area contributed by atoms with Crippen LogP contribution in [0.25, 0.3) is 0 Å². The summed E-state index contributed by atoms with van der Waals surface area (Å²) >= 11 is 1.97. The van der Waals surface area contributed by atoms with E-state index < -0.39 is 0 Å². The molecule has 0 radical (unpaired) electrons. The molecule has 0 atom stereocenters. The number of thioether (sulfide) groups is 1. The average Bonchev–Trinajstić information content (AvgIpc) is 4.12. The summed E-state index contributed by atoms with van der Waals surface area (Å²) < 4.78 is 21.3. The van der Waals surface area contributed by atoms with E-state index in [1.165, 1.54) is 134 Å². The predicted octanol–water partition coefficient (Wildman–Crippen LogP) is 12.1. The normalized spacial score (nSPS) is 16.8. The number of benzene rings is 6. The van der Waals surface area contributed by atoms with Crippen molar-refractivity contribution in [3.8, 4) is 23.0 Å². The standard InChI is InChI=1S/C9H11N.C9H10O.C8H9N.C8H8O2.C8H8O.C8H8S.C4H9N.C3H8N2.C3H6/c2*1-2-6-9-8(4-1)5-3-7-10-9;1-2-4-8-7(3-1)5-6-9-8;1-2-4-8-7(3-1)9-5-6-10-8;2*1-2-4-8-7(3-1)5-6-9-8;2*1-2-4-5-3-1;1-2-3-1/h1-2,4,6,10H,3,5,7H2;1-2,4,6H,3,5,7H2;1-4,9H,5-6H2;1-4H,5-6H2;2*1-4H,5-6H2;5H,1-4H2;4-5H,1-3H2;1-3H2. The van der Waals surface area contributed by atoms with Crippen LogP contribution >= 0.6 is 11.8 Å². The van der Waals surface area contributed by atoms with Gasteiger partial charge in [0, 0.05) is 54.6 Å². The molecule has 8 heterocycles. The molecule has 9 nitrogen and oxygen atoms in total. The first-order valence-electron chi connectivity index (χ1n) is 26.1. The lowest BCUT2D eigenvalue weighted by molar-refractivity contribution is 0.171. The van der Waals surface area contributed by atoms with Crippen molar-refractivity contribution in [3.63, 3.8) is 0 Å². The van der Waals surface area contributed by atoms with E-state index in [4.69, 9.17) is 18.9 Å². The van der Waals surface area contributed by atoms with Crippen molar-refractivity contribution in [2.75, 3.05) is 82.1 Å². The number of para-hydroxylation sites is 6. The largest absolute Gasteiger partial charge is 0.493 e. The van der Waals surface area contributed by atoms with Gasteiger partial charge in [-0.25, -0.2) is 0 Å². The number of fused-ring (bicyclic) bond motifs is 6. The van der Waals surface area contributed by atoms with Gasteiger partial charge in [-0.3, -0.25) is 10.9 Å². The zero-order valence-electron chi connectivity index (χ0n) is 41.4. The molecule has 1 aliphatic carbocycles. The summed E-state index contributed by atoms with van der Waals surface area (Å²) in [6, 6.07) is 49.8. The summed E-state index contributed by atoms with van der Waals surface area (Å²) in [6.45, 7) is 10.1. The van der Waals surface area contributed by atoms with Crippen LogP contribution in [-0.4, -0.2) is 71.4 Å². The molecule has 6 aromatic rings. The molecular weight excluding hydrogens is 887 g/mol. The number of nitrogens with one attached hydrogen (secondary N) is 5. The first-order valence-corrected chi connectivity index (χ1v) is 27.1. The van der Waals surface area contributed by atoms with Gasteiger partial charge in [0.1, 0.15) is 24.7 Å². The second-order valence-corrected chi connectivity index (χ2v) is 19.0. The number of anilines is 2. The second kappa shape index (κ2) is 31.6. The van der Waals surface area contributed by atoms with E-state index in [2.05, 4.69) is 118 Å². The molecule has 0 spiro atoms. The van der Waals surface area contributed by atoms with E-state index in [1.807, 2.05) is 66.4 Å². The van der Waals surface area contributed by atoms with Gasteiger partial charge >= 0.3 is 0 Å². The number of rotatable bonds is 0. The summed E-state index contributed by atoms with van der Waals surface area (Å²) in [7, 11) is 0. The van der Waals surface area contributed by atoms with E-state index in [0.29, 0.717) is 13.2 Å². The minimum absolute atomic E-state index is 0.664. The minimum Gasteiger partial charge on any atom is -0.493 e. The molecule has 6 aromatic carbocycles. The maximum atomic E-state index is 5.42. The van der Waals surface area contributed by atoms with Crippen molar-refractivity contribution < 1.29 is 18.9 Å². The van der Waals surface area contributed by atoms with E-state index in [9.17, 15) is 0 Å². The van der Waals surface area contributed by atoms with Gasteiger partial charge in [0.2, 0.25) is 0 Å². The molecule has 10 heteroatoms. The Labute approximate surface area is 423 Å². The molecule has 0 amide bonds. The highest BCUT2D eigenvalue weighted by Crippen LogP contribution is 2.31. The van der Waals surface area contributed by atoms with Crippen LogP contribution in [0.1, 0.15) is 79.2 Å². The number of hydrogen-bond acceptors (Lipinski definition) is 10. The lowest BCUT2D eigenvalue weighted by atomic mass is 10.0. The third-order valence-corrected chi connectivity index (χ3v) is 13.3. The quantitative estimate of drug-likeness (QED) is 0.101. The summed E-state index contributed by atoms with van der Waals surface area (Å²) in [5.41, 5.74) is 15.7. The summed E-state index contributed by atoms with van der Waals surface area (Å²) in [5.74, 6) is 5.13. The van der Waals surface area contributed by atoms with Crippen LogP contribution in [-0.2, 0) is 32.1 Å². The molecule has 0 aromatic heterocycles. The fourth-order valence-corrected chi connectivity index (χ4v) is 9.33. The van der Waals surface area contributed by atoms with Crippen molar-refractivity contribution >= 4 is 23.1 Å². The summed E-state index contributed by atoms with van der Waals surface area (Å²) in [4.78, 5) is 1.48. The van der Waals surface area contributed by atoms with Gasteiger partial charge in [0.15, 0.2) is 11.5 Å². The number of hydrogen-bond donors (Lipinski definition) is 5. The molecule has 3 fully saturated rings. The SMILES string of the molecule is C1CC1.C1CCNC1.C1CNNC1.c1ccc2c(c1)CCCN2.c1ccc2c(c1)CCCO2.c1ccc2c(c1)CCN2.c1ccc2c(c1)CCO2.c1ccc2c(c1)CCS2.c1ccc2c(c1)OCCO2. The van der Waals surface area contributed by atoms with E-state index in [0.717, 1.165) is 75.2 Å². The third-order valence-electron chi connectivity index (χ3n) is 12.2. The Bertz CT molecular complexity index is 1960. The second-order valence-electron chi connectivity index (χ2n) is 17.9. The van der Waals surface area contributed by atoms with Crippen LogP contribution in [0.3, 0.4) is 0 Å². The smallest absolute Gasteiger partial charge is 0.161 e. The minimum atomic E-state index is 0.664. The van der Waals surface area contributed by atoms with Crippen LogP contribution in [0, 0.1) is 0 Å². The Morgan fingerprint density at radius 1 is 0.314 bits per heavy atom. The van der Waals surface area contributed by atoms with E-state index in [-0.39, 0.29) is 0 Å². The first kappa shape index (κ1) is 52.2. The van der Waals surface area contributed by atoms with Crippen LogP contribution in [0.4, 0.5) is 11.4 Å². The van der Waals surface area contributed by atoms with Crippen molar-refractivity contribution in [1.29, 1.82) is 0 Å². The fraction of sp³-hybridized carbons (Fsp3) is 0.400. The van der Waals surface area contributed by atoms with Gasteiger partial charge in [-0.2, -0.15) is 0 Å². The van der Waals surface area contributed by atoms with Crippen LogP contribution in [0.15, 0.2) is 150 Å². The molecule has 0 unspecified atom stereocenters. The average molecular weight is 964 g/mol. The molecule has 8 aliphatic heterocycles. The first-order chi connectivity index (χ1) is 34.8. The molecule has 0 bridgehead atoms. The Hall–Kier alpha value is -5.65. The lowest BCUT2D eigenvalue weighted by Gasteiger charge is -2.17. The highest BCUT2D eigenvalue weighted by Gasteiger charge is 2.11. The highest BCUT2D eigenvalue weighted by atomic mass is 32.2. The van der Waals surface area contributed by atoms with Gasteiger partial charge in [-0.1, -0.05) is 122 Å². The Morgan fingerprint density at radius 2 is 0.800 bits per heavy atom. The van der Waals surface area contributed by atoms with Gasteiger partial charge in [-0.05, 0) is 141 Å². The number of aryl methyl sites for hydroxylation is 3. The molecule has 5 N–H and O–H groups in total. The van der Waals surface area contributed by atoms with Gasteiger partial charge in [-0.15, -0.1) is 11.8 Å². The van der Waals surface area contributed by atoms with Crippen molar-refractivity contribution in [2.45, 2.75) is 88.4 Å². The molecule has 1 saturated carbocycles. The van der Waals surface area contributed by atoms with E-state index in [1.54, 1.807) is 0 Å². The zero-order valence-corrected chi connectivity index (χ0v) is 42.2. The van der Waals surface area contributed by atoms with Crippen LogP contribution in [0.2, 0.25) is 0 Å². The molecule has 372 valence electrons. The third kappa shape index (κ3) is 19.3. The lowest BCUT2D eigenvalue weighted by Crippen LogP contribution is -2.21. The highest BCUT2D eigenvalue weighted by molar-refractivity contribution is 7.99. The predicted molar refractivity (Wildman–Crippen MR) is 293 cm³/mol. The maximum Gasteiger partial charge on any atom is 0.161 e. The molecule has 2 saturated heterocycles. The van der Waals surface area contributed by atoms with Crippen LogP contribution in [0.5, 0.6) is 23.0 Å². The topological polar surface area (TPSA) is 97.1 Å². The summed E-state index contributed by atoms with van der Waals surface area (Å²) in [5, 5.41) is 9.88. The van der Waals surface area contributed by atoms with Gasteiger partial charge in [0.25, 0.3) is 0 Å². The number of hydrazine groups is 1. The Kier molecular flexibility index (Phi) is 23.5. The zero-order chi connectivity index (χ0) is 47.9.